The third-order valence-corrected chi connectivity index (χ3v) is 2.68. The van der Waals surface area contributed by atoms with Crippen molar-refractivity contribution in [2.75, 3.05) is 0 Å². The van der Waals surface area contributed by atoms with Crippen LogP contribution < -0.4 is 0 Å². The van der Waals surface area contributed by atoms with Crippen LogP contribution >= 0.6 is 22.6 Å². The summed E-state index contributed by atoms with van der Waals surface area (Å²) in [6, 6.07) is 14.5. The van der Waals surface area contributed by atoms with Gasteiger partial charge in [-0.1, -0.05) is 18.2 Å². The lowest BCUT2D eigenvalue weighted by Crippen LogP contribution is -1.86. The highest BCUT2D eigenvalue weighted by atomic mass is 127. The number of rotatable bonds is 1. The molecule has 0 saturated carbocycles. The number of pyridine rings is 1. The van der Waals surface area contributed by atoms with E-state index < -0.39 is 0 Å². The molecule has 0 unspecified atom stereocenters. The van der Waals surface area contributed by atoms with Crippen LogP contribution in [0.25, 0.3) is 11.3 Å². The lowest BCUT2D eigenvalue weighted by Gasteiger charge is -2.01. The van der Waals surface area contributed by atoms with Gasteiger partial charge in [0.05, 0.1) is 5.69 Å². The highest BCUT2D eigenvalue weighted by Crippen LogP contribution is 2.19. The van der Waals surface area contributed by atoms with Gasteiger partial charge in [0.15, 0.2) is 0 Å². The van der Waals surface area contributed by atoms with Crippen LogP contribution in [0.4, 0.5) is 0 Å². The first-order valence-electron chi connectivity index (χ1n) is 4.45. The first-order chi connectivity index (χ1) is 6.75. The molecule has 1 heterocycles. The Bertz CT molecular complexity index is 408. The molecule has 1 aromatic carbocycles. The summed E-state index contributed by atoms with van der Waals surface area (Å²) in [6.07, 6.45) is 0. The van der Waals surface area contributed by atoms with Crippen LogP contribution in [0.3, 0.4) is 0 Å². The van der Waals surface area contributed by atoms with Crippen molar-refractivity contribution >= 4 is 22.6 Å². The Balaban J connectivity index is 2.49. The van der Waals surface area contributed by atoms with E-state index in [2.05, 4.69) is 51.8 Å². The van der Waals surface area contributed by atoms with Gasteiger partial charge in [-0.05, 0) is 53.8 Å². The number of hydrogen-bond donors (Lipinski definition) is 0. The van der Waals surface area contributed by atoms with Gasteiger partial charge in [0.25, 0.3) is 0 Å². The lowest BCUT2D eigenvalue weighted by molar-refractivity contribution is 1.20. The predicted molar refractivity (Wildman–Crippen MR) is 67.1 cm³/mol. The van der Waals surface area contributed by atoms with E-state index in [1.54, 1.807) is 0 Å². The van der Waals surface area contributed by atoms with E-state index >= 15 is 0 Å². The molecule has 2 aromatic rings. The van der Waals surface area contributed by atoms with E-state index in [1.807, 2.05) is 25.1 Å². The molecule has 0 amide bonds. The summed E-state index contributed by atoms with van der Waals surface area (Å²) in [5.74, 6) is 0. The van der Waals surface area contributed by atoms with Crippen LogP contribution in [0.1, 0.15) is 5.69 Å². The maximum atomic E-state index is 4.48. The Morgan fingerprint density at radius 2 is 1.86 bits per heavy atom. The van der Waals surface area contributed by atoms with Gasteiger partial charge in [-0.15, -0.1) is 0 Å². The third-order valence-electron chi connectivity index (χ3n) is 2.01. The molecule has 0 bridgehead atoms. The Hall–Kier alpha value is -0.900. The normalized spacial score (nSPS) is 10.1. The van der Waals surface area contributed by atoms with Crippen molar-refractivity contribution in [3.63, 3.8) is 0 Å². The molecule has 0 spiro atoms. The van der Waals surface area contributed by atoms with Crippen molar-refractivity contribution in [3.05, 3.63) is 51.7 Å². The van der Waals surface area contributed by atoms with Crippen molar-refractivity contribution in [1.29, 1.82) is 0 Å². The molecule has 0 radical (unpaired) electrons. The molecule has 2 rings (SSSR count). The zero-order chi connectivity index (χ0) is 9.97. The van der Waals surface area contributed by atoms with Gasteiger partial charge in [0.2, 0.25) is 0 Å². The molecule has 0 aliphatic carbocycles. The first kappa shape index (κ1) is 9.65. The van der Waals surface area contributed by atoms with Gasteiger partial charge >= 0.3 is 0 Å². The minimum Gasteiger partial charge on any atom is -0.253 e. The Morgan fingerprint density at radius 1 is 1.07 bits per heavy atom. The molecule has 2 heteroatoms. The summed E-state index contributed by atoms with van der Waals surface area (Å²) in [5.41, 5.74) is 3.28. The summed E-state index contributed by atoms with van der Waals surface area (Å²) in [4.78, 5) is 4.48. The van der Waals surface area contributed by atoms with Gasteiger partial charge in [-0.25, -0.2) is 0 Å². The van der Waals surface area contributed by atoms with Gasteiger partial charge in [0.1, 0.15) is 0 Å². The Morgan fingerprint density at radius 3 is 2.57 bits per heavy atom. The Kier molecular flexibility index (Phi) is 2.82. The number of benzene rings is 1. The highest BCUT2D eigenvalue weighted by molar-refractivity contribution is 14.1. The number of aromatic nitrogens is 1. The summed E-state index contributed by atoms with van der Waals surface area (Å²) < 4.78 is 1.24. The average Bonchev–Trinajstić information content (AvgIpc) is 2.18. The third kappa shape index (κ3) is 2.12. The summed E-state index contributed by atoms with van der Waals surface area (Å²) in [7, 11) is 0. The van der Waals surface area contributed by atoms with E-state index in [0.717, 1.165) is 11.4 Å². The van der Waals surface area contributed by atoms with Crippen molar-refractivity contribution in [2.45, 2.75) is 6.92 Å². The molecule has 0 fully saturated rings. The molecular weight excluding hydrogens is 285 g/mol. The molecule has 0 aliphatic rings. The molecule has 0 N–H and O–H groups in total. The molecular formula is C12H10IN. The SMILES string of the molecule is Cc1cccc(-c2cccc(I)c2)n1. The number of nitrogens with zero attached hydrogens (tertiary/aromatic N) is 1. The first-order valence-corrected chi connectivity index (χ1v) is 5.53. The van der Waals surface area contributed by atoms with Crippen molar-refractivity contribution in [2.24, 2.45) is 0 Å². The van der Waals surface area contributed by atoms with E-state index in [4.69, 9.17) is 0 Å². The number of halogens is 1. The largest absolute Gasteiger partial charge is 0.253 e. The predicted octanol–water partition coefficient (Wildman–Crippen LogP) is 3.66. The maximum absolute atomic E-state index is 4.48. The van der Waals surface area contributed by atoms with Crippen LogP contribution in [0.5, 0.6) is 0 Å². The van der Waals surface area contributed by atoms with Gasteiger partial charge in [0, 0.05) is 14.8 Å². The zero-order valence-electron chi connectivity index (χ0n) is 7.87. The van der Waals surface area contributed by atoms with Crippen molar-refractivity contribution in [3.8, 4) is 11.3 Å². The topological polar surface area (TPSA) is 12.9 Å². The second-order valence-corrected chi connectivity index (χ2v) is 4.42. The molecule has 1 aromatic heterocycles. The van der Waals surface area contributed by atoms with Crippen LogP contribution in [0, 0.1) is 10.5 Å². The number of aryl methyl sites for hydroxylation is 1. The van der Waals surface area contributed by atoms with E-state index in [0.29, 0.717) is 0 Å². The second kappa shape index (κ2) is 4.09. The summed E-state index contributed by atoms with van der Waals surface area (Å²) in [5, 5.41) is 0. The average molecular weight is 295 g/mol. The second-order valence-electron chi connectivity index (χ2n) is 3.17. The lowest BCUT2D eigenvalue weighted by atomic mass is 10.1. The minimum atomic E-state index is 1.04. The van der Waals surface area contributed by atoms with E-state index in [1.165, 1.54) is 9.13 Å². The monoisotopic (exact) mass is 295 g/mol. The highest BCUT2D eigenvalue weighted by Gasteiger charge is 1.98. The van der Waals surface area contributed by atoms with E-state index in [9.17, 15) is 0 Å². The standard InChI is InChI=1S/C12H10IN/c1-9-4-2-7-12(14-9)10-5-3-6-11(13)8-10/h2-8H,1H3. The smallest absolute Gasteiger partial charge is 0.0705 e. The molecule has 0 saturated heterocycles. The van der Waals surface area contributed by atoms with Crippen molar-refractivity contribution < 1.29 is 0 Å². The maximum Gasteiger partial charge on any atom is 0.0705 e. The van der Waals surface area contributed by atoms with Crippen LogP contribution in [0.15, 0.2) is 42.5 Å². The fourth-order valence-electron chi connectivity index (χ4n) is 1.35. The zero-order valence-corrected chi connectivity index (χ0v) is 10.0. The summed E-state index contributed by atoms with van der Waals surface area (Å²) in [6.45, 7) is 2.01. The molecule has 1 nitrogen and oxygen atoms in total. The fraction of sp³-hybridized carbons (Fsp3) is 0.0833. The fourth-order valence-corrected chi connectivity index (χ4v) is 1.89. The molecule has 0 aliphatic heterocycles. The van der Waals surface area contributed by atoms with Gasteiger partial charge in [-0.3, -0.25) is 4.98 Å². The molecule has 14 heavy (non-hydrogen) atoms. The minimum absolute atomic E-state index is 1.04. The molecule has 0 atom stereocenters. The van der Waals surface area contributed by atoms with Crippen molar-refractivity contribution in [1.82, 2.24) is 4.98 Å². The van der Waals surface area contributed by atoms with E-state index in [-0.39, 0.29) is 0 Å². The Labute approximate surface area is 97.3 Å². The molecule has 70 valence electrons. The van der Waals surface area contributed by atoms with Crippen LogP contribution in [-0.2, 0) is 0 Å². The number of hydrogen-bond acceptors (Lipinski definition) is 1. The van der Waals surface area contributed by atoms with Gasteiger partial charge in [-0.2, -0.15) is 0 Å². The quantitative estimate of drug-likeness (QED) is 0.732. The van der Waals surface area contributed by atoms with Gasteiger partial charge < -0.3 is 0 Å². The summed E-state index contributed by atoms with van der Waals surface area (Å²) >= 11 is 2.31. The van der Waals surface area contributed by atoms with Crippen LogP contribution in [0.2, 0.25) is 0 Å². The van der Waals surface area contributed by atoms with Crippen LogP contribution in [-0.4, -0.2) is 4.98 Å².